The molecule has 1 aliphatic heterocycles. The molecule has 2 aromatic rings. The first kappa shape index (κ1) is 19.0. The highest BCUT2D eigenvalue weighted by Gasteiger charge is 2.51. The molecule has 3 rings (SSSR count). The van der Waals surface area contributed by atoms with Crippen molar-refractivity contribution in [1.82, 2.24) is 0 Å². The molecule has 4 nitrogen and oxygen atoms in total. The van der Waals surface area contributed by atoms with Gasteiger partial charge in [-0.2, -0.15) is 0 Å². The lowest BCUT2D eigenvalue weighted by molar-refractivity contribution is 0.00578. The summed E-state index contributed by atoms with van der Waals surface area (Å²) in [7, 11) is -0.373. The van der Waals surface area contributed by atoms with Gasteiger partial charge in [-0.1, -0.05) is 42.5 Å². The summed E-state index contributed by atoms with van der Waals surface area (Å²) in [5, 5.41) is 9.19. The topological polar surface area (TPSA) is 47.9 Å². The van der Waals surface area contributed by atoms with Gasteiger partial charge in [0.25, 0.3) is 0 Å². The highest BCUT2D eigenvalue weighted by Crippen LogP contribution is 2.36. The number of hydrogen-bond acceptors (Lipinski definition) is 4. The molecule has 1 fully saturated rings. The highest BCUT2D eigenvalue weighted by molar-refractivity contribution is 6.62. The van der Waals surface area contributed by atoms with Gasteiger partial charge >= 0.3 is 7.12 Å². The third kappa shape index (κ3) is 3.95. The second-order valence-electron chi connectivity index (χ2n) is 7.70. The Morgan fingerprint density at radius 1 is 0.962 bits per heavy atom. The monoisotopic (exact) mass is 354 g/mol. The maximum absolute atomic E-state index is 9.19. The van der Waals surface area contributed by atoms with E-state index < -0.39 is 0 Å². The van der Waals surface area contributed by atoms with E-state index in [-0.39, 0.29) is 24.9 Å². The molecule has 1 N–H and O–H groups in total. The van der Waals surface area contributed by atoms with Gasteiger partial charge in [0, 0.05) is 6.61 Å². The number of hydrogen-bond donors (Lipinski definition) is 1. The van der Waals surface area contributed by atoms with Gasteiger partial charge in [0.05, 0.1) is 11.2 Å². The Kier molecular flexibility index (Phi) is 5.42. The van der Waals surface area contributed by atoms with Crippen LogP contribution in [0.5, 0.6) is 5.75 Å². The first-order valence-electron chi connectivity index (χ1n) is 9.08. The number of benzene rings is 2. The molecule has 0 bridgehead atoms. The van der Waals surface area contributed by atoms with Crippen LogP contribution >= 0.6 is 0 Å². The molecule has 0 aliphatic carbocycles. The minimum atomic E-state index is -0.373. The summed E-state index contributed by atoms with van der Waals surface area (Å²) in [6.45, 7) is 8.78. The Hall–Kier alpha value is -1.82. The minimum absolute atomic E-state index is 0.109. The van der Waals surface area contributed by atoms with Crippen LogP contribution in [0.2, 0.25) is 0 Å². The third-order valence-corrected chi connectivity index (χ3v) is 5.22. The number of para-hydroxylation sites is 1. The van der Waals surface area contributed by atoms with E-state index in [1.807, 2.05) is 42.5 Å². The molecule has 2 aromatic carbocycles. The zero-order valence-electron chi connectivity index (χ0n) is 16.0. The number of aliphatic hydroxyl groups is 1. The van der Waals surface area contributed by atoms with Gasteiger partial charge < -0.3 is 19.2 Å². The SMILES string of the molecule is CC1(C)OB(c2cccc(COc3ccccc3CCO)c2)OC1(C)C. The number of ether oxygens (including phenoxy) is 1. The second-order valence-corrected chi connectivity index (χ2v) is 7.70. The molecule has 0 saturated carbocycles. The maximum Gasteiger partial charge on any atom is 0.494 e. The Balaban J connectivity index is 1.71. The lowest BCUT2D eigenvalue weighted by Crippen LogP contribution is -2.41. The van der Waals surface area contributed by atoms with Gasteiger partial charge in [0.1, 0.15) is 12.4 Å². The van der Waals surface area contributed by atoms with Crippen molar-refractivity contribution in [2.45, 2.75) is 51.9 Å². The van der Waals surface area contributed by atoms with Crippen molar-refractivity contribution in [3.63, 3.8) is 0 Å². The van der Waals surface area contributed by atoms with E-state index >= 15 is 0 Å². The van der Waals surface area contributed by atoms with Crippen LogP contribution in [0.4, 0.5) is 0 Å². The summed E-state index contributed by atoms with van der Waals surface area (Å²) in [6.07, 6.45) is 0.587. The molecule has 0 unspecified atom stereocenters. The van der Waals surface area contributed by atoms with Crippen LogP contribution in [0.1, 0.15) is 38.8 Å². The summed E-state index contributed by atoms with van der Waals surface area (Å²) in [6, 6.07) is 15.9. The van der Waals surface area contributed by atoms with E-state index in [9.17, 15) is 5.11 Å². The molecule has 0 spiro atoms. The van der Waals surface area contributed by atoms with Gasteiger partial charge in [0.2, 0.25) is 0 Å². The molecule has 1 aliphatic rings. The quantitative estimate of drug-likeness (QED) is 0.810. The third-order valence-electron chi connectivity index (χ3n) is 5.22. The van der Waals surface area contributed by atoms with Gasteiger partial charge in [-0.25, -0.2) is 0 Å². The van der Waals surface area contributed by atoms with Crippen LogP contribution in [0.3, 0.4) is 0 Å². The molecule has 0 radical (unpaired) electrons. The van der Waals surface area contributed by atoms with Crippen LogP contribution < -0.4 is 10.2 Å². The maximum atomic E-state index is 9.19. The van der Waals surface area contributed by atoms with Crippen LogP contribution in [0.15, 0.2) is 48.5 Å². The predicted molar refractivity (Wildman–Crippen MR) is 104 cm³/mol. The summed E-state index contributed by atoms with van der Waals surface area (Å²) < 4.78 is 18.2. The minimum Gasteiger partial charge on any atom is -0.489 e. The van der Waals surface area contributed by atoms with Crippen molar-refractivity contribution in [2.75, 3.05) is 6.61 Å². The number of aliphatic hydroxyl groups excluding tert-OH is 1. The zero-order valence-corrected chi connectivity index (χ0v) is 16.0. The standard InChI is InChI=1S/C21H27BO4/c1-20(2)21(3,4)26-22(25-20)18-10-7-8-16(14-18)15-24-19-11-6-5-9-17(19)12-13-23/h5-11,14,23H,12-13,15H2,1-4H3. The van der Waals surface area contributed by atoms with Crippen LogP contribution in [0, 0.1) is 0 Å². The van der Waals surface area contributed by atoms with Gasteiger partial charge in [0.15, 0.2) is 0 Å². The van der Waals surface area contributed by atoms with Gasteiger partial charge in [-0.15, -0.1) is 0 Å². The average molecular weight is 354 g/mol. The molecule has 26 heavy (non-hydrogen) atoms. The van der Waals surface area contributed by atoms with E-state index in [4.69, 9.17) is 14.0 Å². The average Bonchev–Trinajstić information content (AvgIpc) is 2.82. The Labute approximate surface area is 156 Å². The van der Waals surface area contributed by atoms with Gasteiger partial charge in [-0.3, -0.25) is 0 Å². The Morgan fingerprint density at radius 3 is 2.35 bits per heavy atom. The van der Waals surface area contributed by atoms with Crippen molar-refractivity contribution < 1.29 is 19.2 Å². The summed E-state index contributed by atoms with van der Waals surface area (Å²) in [5.41, 5.74) is 2.35. The zero-order chi connectivity index (χ0) is 18.8. The first-order chi connectivity index (χ1) is 12.3. The lowest BCUT2D eigenvalue weighted by Gasteiger charge is -2.32. The highest BCUT2D eigenvalue weighted by atomic mass is 16.7. The van der Waals surface area contributed by atoms with Crippen molar-refractivity contribution in [2.24, 2.45) is 0 Å². The van der Waals surface area contributed by atoms with E-state index in [2.05, 4.69) is 33.8 Å². The van der Waals surface area contributed by atoms with Crippen LogP contribution in [-0.2, 0) is 22.3 Å². The normalized spacial score (nSPS) is 18.1. The molecule has 138 valence electrons. The van der Waals surface area contributed by atoms with Crippen molar-refractivity contribution >= 4 is 12.6 Å². The summed E-state index contributed by atoms with van der Waals surface area (Å²) in [5.74, 6) is 0.808. The van der Waals surface area contributed by atoms with Gasteiger partial charge in [-0.05, 0) is 56.8 Å². The predicted octanol–water partition coefficient (Wildman–Crippen LogP) is 3.10. The first-order valence-corrected chi connectivity index (χ1v) is 9.08. The van der Waals surface area contributed by atoms with E-state index in [0.29, 0.717) is 13.0 Å². The fourth-order valence-corrected chi connectivity index (χ4v) is 2.94. The van der Waals surface area contributed by atoms with Crippen molar-refractivity contribution in [3.8, 4) is 5.75 Å². The molecular weight excluding hydrogens is 327 g/mol. The molecule has 1 saturated heterocycles. The largest absolute Gasteiger partial charge is 0.494 e. The molecule has 0 atom stereocenters. The summed E-state index contributed by atoms with van der Waals surface area (Å²) in [4.78, 5) is 0. The molecule has 0 amide bonds. The Bertz CT molecular complexity index is 741. The van der Waals surface area contributed by atoms with Crippen molar-refractivity contribution in [3.05, 3.63) is 59.7 Å². The smallest absolute Gasteiger partial charge is 0.489 e. The fraction of sp³-hybridized carbons (Fsp3) is 0.429. The summed E-state index contributed by atoms with van der Waals surface area (Å²) >= 11 is 0. The Morgan fingerprint density at radius 2 is 1.65 bits per heavy atom. The molecule has 1 heterocycles. The van der Waals surface area contributed by atoms with Crippen LogP contribution in [-0.4, -0.2) is 30.0 Å². The fourth-order valence-electron chi connectivity index (χ4n) is 2.94. The van der Waals surface area contributed by atoms with E-state index in [1.165, 1.54) is 0 Å². The lowest BCUT2D eigenvalue weighted by atomic mass is 9.78. The van der Waals surface area contributed by atoms with E-state index in [0.717, 1.165) is 22.3 Å². The van der Waals surface area contributed by atoms with Crippen LogP contribution in [0.25, 0.3) is 0 Å². The molecular formula is C21H27BO4. The van der Waals surface area contributed by atoms with E-state index in [1.54, 1.807) is 0 Å². The number of rotatable bonds is 6. The molecule has 5 heteroatoms. The second kappa shape index (κ2) is 7.43. The van der Waals surface area contributed by atoms with Crippen molar-refractivity contribution in [1.29, 1.82) is 0 Å². The molecule has 0 aromatic heterocycles.